The van der Waals surface area contributed by atoms with Gasteiger partial charge in [0, 0.05) is 33.7 Å². The largest absolute Gasteiger partial charge is 0.458 e. The molecule has 2 aromatic rings. The van der Waals surface area contributed by atoms with Crippen molar-refractivity contribution in [2.75, 3.05) is 27.3 Å². The molecule has 0 radical (unpaired) electrons. The van der Waals surface area contributed by atoms with Crippen LogP contribution in [-0.4, -0.2) is 96.9 Å². The number of ether oxygens (including phenoxy) is 5. The maximum atomic E-state index is 14.5. The highest BCUT2D eigenvalue weighted by Gasteiger charge is 2.39. The van der Waals surface area contributed by atoms with Gasteiger partial charge in [0.2, 0.25) is 0 Å². The monoisotopic (exact) mass is 766 g/mol. The number of carbonyl (C=O) groups excluding carboxylic acids is 5. The molecule has 0 N–H and O–H groups in total. The van der Waals surface area contributed by atoms with Crippen LogP contribution in [0.4, 0.5) is 4.79 Å². The Kier molecular flexibility index (Phi) is 17.2. The Morgan fingerprint density at radius 3 is 1.82 bits per heavy atom. The second kappa shape index (κ2) is 21.0. The lowest BCUT2D eigenvalue weighted by molar-refractivity contribution is -0.174. The molecule has 1 aliphatic rings. The van der Waals surface area contributed by atoms with Gasteiger partial charge >= 0.3 is 24.0 Å². The second-order valence-corrected chi connectivity index (χ2v) is 16.3. The minimum absolute atomic E-state index is 0.0106. The molecule has 1 aliphatic heterocycles. The predicted molar refractivity (Wildman–Crippen MR) is 208 cm³/mol. The van der Waals surface area contributed by atoms with Gasteiger partial charge in [0.15, 0.2) is 12.2 Å². The zero-order chi connectivity index (χ0) is 40.9. The molecular formula is C43H62N2O10. The molecular weight excluding hydrogens is 704 g/mol. The molecule has 304 valence electrons. The third-order valence-electron chi connectivity index (χ3n) is 9.37. The highest BCUT2D eigenvalue weighted by Crippen LogP contribution is 2.28. The van der Waals surface area contributed by atoms with E-state index in [1.807, 2.05) is 82.3 Å². The van der Waals surface area contributed by atoms with Crippen LogP contribution in [0.15, 0.2) is 54.6 Å². The van der Waals surface area contributed by atoms with E-state index in [0.29, 0.717) is 19.1 Å². The van der Waals surface area contributed by atoms with E-state index >= 15 is 0 Å². The van der Waals surface area contributed by atoms with E-state index < -0.39 is 59.8 Å². The number of hydrogen-bond donors (Lipinski definition) is 0. The third kappa shape index (κ3) is 14.6. The van der Waals surface area contributed by atoms with Crippen LogP contribution in [0.5, 0.6) is 0 Å². The van der Waals surface area contributed by atoms with Gasteiger partial charge in [-0.15, -0.1) is 0 Å². The standard InChI is InChI=1S/C43H62N2O10/c1-28(2)24-35(40(48)53-30(5)39(47)52-27-32-14-12-11-13-15-32)44(9)38(46)37(26-31-16-18-33(19-17-31)34-20-22-51-23-21-34)54-41(49)36(25-29(3)4)45(10)42(50)55-43(6,7)8/h11-19,28-30,34-37H,20-27H2,1-10H3. The average Bonchev–Trinajstić information content (AvgIpc) is 3.13. The number of carbonyl (C=O) groups is 5. The van der Waals surface area contributed by atoms with Crippen LogP contribution in [0.1, 0.15) is 104 Å². The fraction of sp³-hybridized carbons (Fsp3) is 0.605. The fourth-order valence-electron chi connectivity index (χ4n) is 6.28. The molecule has 1 heterocycles. The first-order valence-corrected chi connectivity index (χ1v) is 19.4. The first-order chi connectivity index (χ1) is 25.9. The van der Waals surface area contributed by atoms with Crippen molar-refractivity contribution in [2.45, 2.75) is 130 Å². The lowest BCUT2D eigenvalue weighted by atomic mass is 9.90. The summed E-state index contributed by atoms with van der Waals surface area (Å²) in [5.41, 5.74) is 1.89. The molecule has 55 heavy (non-hydrogen) atoms. The molecule has 0 bridgehead atoms. The Labute approximate surface area is 327 Å². The zero-order valence-corrected chi connectivity index (χ0v) is 34.4. The summed E-state index contributed by atoms with van der Waals surface area (Å²) in [7, 11) is 2.93. The number of benzene rings is 2. The van der Waals surface area contributed by atoms with Crippen LogP contribution in [0.3, 0.4) is 0 Å². The van der Waals surface area contributed by atoms with Crippen LogP contribution >= 0.6 is 0 Å². The van der Waals surface area contributed by atoms with Crippen LogP contribution < -0.4 is 0 Å². The molecule has 1 fully saturated rings. The summed E-state index contributed by atoms with van der Waals surface area (Å²) in [6.45, 7) is 15.7. The van der Waals surface area contributed by atoms with Gasteiger partial charge in [0.05, 0.1) is 0 Å². The van der Waals surface area contributed by atoms with E-state index in [9.17, 15) is 24.0 Å². The van der Waals surface area contributed by atoms with Crippen molar-refractivity contribution in [3.8, 4) is 0 Å². The molecule has 12 nitrogen and oxygen atoms in total. The van der Waals surface area contributed by atoms with Crippen molar-refractivity contribution in [2.24, 2.45) is 11.8 Å². The Hall–Kier alpha value is -4.45. The maximum absolute atomic E-state index is 14.5. The smallest absolute Gasteiger partial charge is 0.410 e. The fourth-order valence-corrected chi connectivity index (χ4v) is 6.28. The maximum Gasteiger partial charge on any atom is 0.410 e. The number of rotatable bonds is 17. The average molecular weight is 767 g/mol. The molecule has 3 rings (SSSR count). The van der Waals surface area contributed by atoms with E-state index in [1.54, 1.807) is 20.8 Å². The number of amides is 2. The molecule has 2 aromatic carbocycles. The minimum Gasteiger partial charge on any atom is -0.458 e. The molecule has 4 atom stereocenters. The summed E-state index contributed by atoms with van der Waals surface area (Å²) in [4.78, 5) is 70.6. The van der Waals surface area contributed by atoms with Gasteiger partial charge in [-0.05, 0) is 87.8 Å². The van der Waals surface area contributed by atoms with Gasteiger partial charge in [-0.3, -0.25) is 9.69 Å². The highest BCUT2D eigenvalue weighted by atomic mass is 16.6. The molecule has 0 aromatic heterocycles. The highest BCUT2D eigenvalue weighted by molar-refractivity contribution is 5.90. The van der Waals surface area contributed by atoms with Crippen molar-refractivity contribution in [3.63, 3.8) is 0 Å². The third-order valence-corrected chi connectivity index (χ3v) is 9.37. The number of nitrogens with zero attached hydrogens (tertiary/aromatic N) is 2. The van der Waals surface area contributed by atoms with Gasteiger partial charge in [0.25, 0.3) is 5.91 Å². The predicted octanol–water partition coefficient (Wildman–Crippen LogP) is 6.86. The molecule has 1 saturated heterocycles. The van der Waals surface area contributed by atoms with Gasteiger partial charge in [0.1, 0.15) is 24.3 Å². The first kappa shape index (κ1) is 44.9. The minimum atomic E-state index is -1.36. The van der Waals surface area contributed by atoms with E-state index in [-0.39, 0.29) is 37.7 Å². The van der Waals surface area contributed by atoms with E-state index in [2.05, 4.69) is 0 Å². The normalized spacial score (nSPS) is 15.7. The van der Waals surface area contributed by atoms with Crippen molar-refractivity contribution in [1.29, 1.82) is 0 Å². The summed E-state index contributed by atoms with van der Waals surface area (Å²) in [5, 5.41) is 0. The number of esters is 3. The molecule has 0 saturated carbocycles. The van der Waals surface area contributed by atoms with Crippen LogP contribution in [0.25, 0.3) is 0 Å². The summed E-state index contributed by atoms with van der Waals surface area (Å²) in [5.74, 6) is -2.62. The Balaban J connectivity index is 1.88. The van der Waals surface area contributed by atoms with Crippen molar-refractivity contribution < 1.29 is 47.7 Å². The molecule has 0 aliphatic carbocycles. The van der Waals surface area contributed by atoms with Crippen molar-refractivity contribution in [1.82, 2.24) is 9.80 Å². The van der Waals surface area contributed by atoms with Crippen LogP contribution in [0, 0.1) is 11.8 Å². The van der Waals surface area contributed by atoms with Gasteiger partial charge in [-0.1, -0.05) is 82.3 Å². The van der Waals surface area contributed by atoms with Crippen molar-refractivity contribution >= 4 is 29.9 Å². The lowest BCUT2D eigenvalue weighted by Gasteiger charge is -2.33. The Bertz CT molecular complexity index is 1550. The summed E-state index contributed by atoms with van der Waals surface area (Å²) in [6, 6.07) is 14.8. The zero-order valence-electron chi connectivity index (χ0n) is 34.4. The van der Waals surface area contributed by atoms with Gasteiger partial charge in [-0.25, -0.2) is 19.2 Å². The first-order valence-electron chi connectivity index (χ1n) is 19.4. The second-order valence-electron chi connectivity index (χ2n) is 16.3. The van der Waals surface area contributed by atoms with Crippen LogP contribution in [0.2, 0.25) is 0 Å². The Morgan fingerprint density at radius 1 is 0.727 bits per heavy atom. The lowest BCUT2D eigenvalue weighted by Crippen LogP contribution is -2.52. The van der Waals surface area contributed by atoms with E-state index in [4.69, 9.17) is 23.7 Å². The molecule has 12 heteroatoms. The summed E-state index contributed by atoms with van der Waals surface area (Å²) >= 11 is 0. The summed E-state index contributed by atoms with van der Waals surface area (Å²) in [6.07, 6.45) is -0.976. The van der Waals surface area contributed by atoms with Crippen molar-refractivity contribution in [3.05, 3.63) is 71.3 Å². The van der Waals surface area contributed by atoms with Gasteiger partial charge < -0.3 is 28.6 Å². The van der Waals surface area contributed by atoms with E-state index in [1.165, 1.54) is 30.8 Å². The molecule has 0 spiro atoms. The van der Waals surface area contributed by atoms with E-state index in [0.717, 1.165) is 29.5 Å². The van der Waals surface area contributed by atoms with Gasteiger partial charge in [-0.2, -0.15) is 0 Å². The number of hydrogen-bond acceptors (Lipinski definition) is 10. The Morgan fingerprint density at radius 2 is 1.27 bits per heavy atom. The quantitative estimate of drug-likeness (QED) is 0.124. The molecule has 4 unspecified atom stereocenters. The topological polar surface area (TPSA) is 138 Å². The van der Waals surface area contributed by atoms with Crippen LogP contribution in [-0.2, 0) is 55.9 Å². The SMILES string of the molecule is CC(C)CC(C(=O)OC(Cc1ccc(C2CCOCC2)cc1)C(=O)N(C)C(CC(C)C)C(=O)OC(C)C(=O)OCc1ccccc1)N(C)C(=O)OC(C)(C)C. The number of likely N-dealkylation sites (N-methyl/N-ethyl adjacent to an activating group) is 2. The molecule has 2 amide bonds. The summed E-state index contributed by atoms with van der Waals surface area (Å²) < 4.78 is 28.1.